The summed E-state index contributed by atoms with van der Waals surface area (Å²) in [4.78, 5) is 28.2. The average molecular weight is 332 g/mol. The third kappa shape index (κ3) is 4.51. The van der Waals surface area contributed by atoms with Crippen molar-refractivity contribution >= 4 is 24.0 Å². The van der Waals surface area contributed by atoms with Crippen molar-refractivity contribution in [2.45, 2.75) is 13.3 Å². The first-order chi connectivity index (χ1) is 12.1. The van der Waals surface area contributed by atoms with Crippen molar-refractivity contribution in [2.24, 2.45) is 10.9 Å². The van der Waals surface area contributed by atoms with Crippen molar-refractivity contribution < 1.29 is 9.59 Å². The molecule has 1 heterocycles. The topological polar surface area (TPSA) is 58.5 Å². The highest BCUT2D eigenvalue weighted by Gasteiger charge is 2.18. The van der Waals surface area contributed by atoms with Gasteiger partial charge in [0, 0.05) is 12.6 Å². The maximum absolute atomic E-state index is 12.1. The van der Waals surface area contributed by atoms with Gasteiger partial charge in [0.2, 0.25) is 5.91 Å². The Labute approximate surface area is 146 Å². The second-order valence-electron chi connectivity index (χ2n) is 6.11. The van der Waals surface area contributed by atoms with E-state index in [0.29, 0.717) is 13.0 Å². The number of hydrogen-bond acceptors (Lipinski definition) is 2. The Bertz CT molecular complexity index is 930. The zero-order valence-corrected chi connectivity index (χ0v) is 14.1. The fourth-order valence-corrected chi connectivity index (χ4v) is 2.73. The van der Waals surface area contributed by atoms with E-state index in [4.69, 9.17) is 0 Å². The number of aryl methyl sites for hydroxylation is 1. The van der Waals surface area contributed by atoms with E-state index in [9.17, 15) is 9.59 Å². The Balaban J connectivity index is 1.55. The van der Waals surface area contributed by atoms with E-state index >= 15 is 0 Å². The van der Waals surface area contributed by atoms with Crippen LogP contribution in [-0.4, -0.2) is 18.4 Å². The van der Waals surface area contributed by atoms with Crippen molar-refractivity contribution in [1.82, 2.24) is 5.32 Å². The van der Waals surface area contributed by atoms with Crippen molar-refractivity contribution in [3.63, 3.8) is 0 Å². The van der Waals surface area contributed by atoms with Crippen molar-refractivity contribution in [1.29, 1.82) is 0 Å². The second-order valence-corrected chi connectivity index (χ2v) is 6.11. The molecule has 2 aromatic carbocycles. The monoisotopic (exact) mass is 332 g/mol. The van der Waals surface area contributed by atoms with Crippen LogP contribution in [0.1, 0.15) is 17.5 Å². The molecule has 0 bridgehead atoms. The lowest BCUT2D eigenvalue weighted by Gasteiger charge is -2.12. The van der Waals surface area contributed by atoms with Gasteiger partial charge in [0.05, 0.1) is 11.3 Å². The zero-order chi connectivity index (χ0) is 17.6. The Morgan fingerprint density at radius 1 is 1.20 bits per heavy atom. The van der Waals surface area contributed by atoms with Gasteiger partial charge in [0.15, 0.2) is 0 Å². The highest BCUT2D eigenvalue weighted by Crippen LogP contribution is 2.09. The Morgan fingerprint density at radius 3 is 2.80 bits per heavy atom. The van der Waals surface area contributed by atoms with Crippen LogP contribution >= 0.6 is 0 Å². The van der Waals surface area contributed by atoms with Crippen LogP contribution in [0.15, 0.2) is 59.6 Å². The third-order valence-electron chi connectivity index (χ3n) is 4.10. The van der Waals surface area contributed by atoms with E-state index in [1.54, 1.807) is 6.08 Å². The quantitative estimate of drug-likeness (QED) is 0.849. The normalized spacial score (nSPS) is 16.0. The molecule has 4 heteroatoms. The number of nitrogens with zero attached hydrogens (tertiary/aromatic N) is 1. The van der Waals surface area contributed by atoms with Crippen LogP contribution in [0.3, 0.4) is 0 Å². The van der Waals surface area contributed by atoms with Gasteiger partial charge in [-0.15, -0.1) is 0 Å². The van der Waals surface area contributed by atoms with Gasteiger partial charge in [-0.3, -0.25) is 9.59 Å². The summed E-state index contributed by atoms with van der Waals surface area (Å²) in [5.74, 6) is -0.596. The van der Waals surface area contributed by atoms with Gasteiger partial charge in [-0.05, 0) is 41.8 Å². The number of carbonyl (C=O) groups excluding carboxylic acids is 2. The van der Waals surface area contributed by atoms with Crippen molar-refractivity contribution in [2.75, 3.05) is 6.54 Å². The summed E-state index contributed by atoms with van der Waals surface area (Å²) < 4.78 is 0. The molecule has 2 amide bonds. The molecular formula is C21H20N2O2. The van der Waals surface area contributed by atoms with Gasteiger partial charge < -0.3 is 5.32 Å². The number of amides is 2. The smallest absolute Gasteiger partial charge is 0.253 e. The molecule has 0 aromatic heterocycles. The molecule has 25 heavy (non-hydrogen) atoms. The molecule has 3 rings (SSSR count). The molecule has 0 saturated carbocycles. The highest BCUT2D eigenvalue weighted by molar-refractivity contribution is 5.91. The van der Waals surface area contributed by atoms with Crippen LogP contribution in [-0.2, 0) is 9.59 Å². The number of nitrogens with one attached hydrogen (secondary N) is 1. The molecule has 0 aliphatic carbocycles. The Morgan fingerprint density at radius 2 is 2.00 bits per heavy atom. The molecule has 126 valence electrons. The fraction of sp³-hybridized carbons (Fsp3) is 0.190. The van der Waals surface area contributed by atoms with Gasteiger partial charge in [0.25, 0.3) is 5.91 Å². The molecule has 1 unspecified atom stereocenters. The SMILES string of the molecule is Cc1ccc2c(c1)=NC(=O)C(CCNC(=O)/C=C/c1ccccc1)C=2. The lowest BCUT2D eigenvalue weighted by Crippen LogP contribution is -2.35. The van der Waals surface area contributed by atoms with Crippen LogP contribution in [0.25, 0.3) is 12.2 Å². The molecule has 1 N–H and O–H groups in total. The van der Waals surface area contributed by atoms with E-state index in [0.717, 1.165) is 21.7 Å². The lowest BCUT2D eigenvalue weighted by atomic mass is 10.00. The number of carbonyl (C=O) groups is 2. The van der Waals surface area contributed by atoms with Crippen LogP contribution in [0.4, 0.5) is 0 Å². The van der Waals surface area contributed by atoms with Gasteiger partial charge in [0.1, 0.15) is 0 Å². The first-order valence-corrected chi connectivity index (χ1v) is 8.34. The predicted molar refractivity (Wildman–Crippen MR) is 98.0 cm³/mol. The number of hydrogen-bond donors (Lipinski definition) is 1. The predicted octanol–water partition coefficient (Wildman–Crippen LogP) is 1.77. The maximum Gasteiger partial charge on any atom is 0.253 e. The zero-order valence-electron chi connectivity index (χ0n) is 14.1. The molecule has 0 fully saturated rings. The summed E-state index contributed by atoms with van der Waals surface area (Å²) in [5, 5.41) is 4.52. The fourth-order valence-electron chi connectivity index (χ4n) is 2.73. The van der Waals surface area contributed by atoms with Crippen molar-refractivity contribution in [3.05, 3.63) is 76.3 Å². The molecule has 1 aliphatic rings. The first-order valence-electron chi connectivity index (χ1n) is 8.34. The molecule has 0 spiro atoms. The lowest BCUT2D eigenvalue weighted by molar-refractivity contribution is -0.121. The van der Waals surface area contributed by atoms with Crippen LogP contribution in [0.2, 0.25) is 0 Å². The highest BCUT2D eigenvalue weighted by atomic mass is 16.2. The standard InChI is InChI=1S/C21H20N2O2/c1-15-7-9-17-14-18(21(25)23-19(17)13-15)11-12-22-20(24)10-8-16-5-3-2-4-6-16/h2-10,13-14,18H,11-12H2,1H3,(H,22,24)/b10-8+. The van der Waals surface area contributed by atoms with Gasteiger partial charge in [-0.25, -0.2) is 4.99 Å². The van der Waals surface area contributed by atoms with Crippen molar-refractivity contribution in [3.8, 4) is 0 Å². The van der Waals surface area contributed by atoms with E-state index in [1.807, 2.05) is 61.5 Å². The van der Waals surface area contributed by atoms with E-state index in [-0.39, 0.29) is 17.7 Å². The summed E-state index contributed by atoms with van der Waals surface area (Å²) >= 11 is 0. The third-order valence-corrected chi connectivity index (χ3v) is 4.10. The van der Waals surface area contributed by atoms with Crippen LogP contribution in [0.5, 0.6) is 0 Å². The van der Waals surface area contributed by atoms with E-state index in [2.05, 4.69) is 10.3 Å². The maximum atomic E-state index is 12.1. The Kier molecular flexibility index (Phi) is 5.19. The molecule has 1 aliphatic heterocycles. The number of fused-ring (bicyclic) bond motifs is 1. The minimum Gasteiger partial charge on any atom is -0.353 e. The summed E-state index contributed by atoms with van der Waals surface area (Å²) in [6.07, 6.45) is 5.75. The minimum atomic E-state index is -0.284. The molecule has 4 nitrogen and oxygen atoms in total. The minimum absolute atomic E-state index is 0.146. The molecular weight excluding hydrogens is 312 g/mol. The van der Waals surface area contributed by atoms with Crippen LogP contribution < -0.4 is 15.9 Å². The summed E-state index contributed by atoms with van der Waals surface area (Å²) in [5.41, 5.74) is 2.05. The molecule has 0 radical (unpaired) electrons. The molecule has 1 atom stereocenters. The number of benzene rings is 2. The summed E-state index contributed by atoms with van der Waals surface area (Å²) in [6.45, 7) is 2.41. The van der Waals surface area contributed by atoms with Gasteiger partial charge >= 0.3 is 0 Å². The largest absolute Gasteiger partial charge is 0.353 e. The first kappa shape index (κ1) is 16.8. The van der Waals surface area contributed by atoms with Gasteiger partial charge in [-0.2, -0.15) is 0 Å². The van der Waals surface area contributed by atoms with E-state index in [1.165, 1.54) is 6.08 Å². The van der Waals surface area contributed by atoms with E-state index < -0.39 is 0 Å². The summed E-state index contributed by atoms with van der Waals surface area (Å²) in [7, 11) is 0. The number of rotatable bonds is 5. The molecule has 2 aromatic rings. The molecule has 0 saturated heterocycles. The van der Waals surface area contributed by atoms with Gasteiger partial charge in [-0.1, -0.05) is 48.5 Å². The second kappa shape index (κ2) is 7.71. The average Bonchev–Trinajstić information content (AvgIpc) is 2.61. The summed E-state index contributed by atoms with van der Waals surface area (Å²) in [6, 6.07) is 15.5. The van der Waals surface area contributed by atoms with Crippen LogP contribution in [0, 0.1) is 12.8 Å². The Hall–Kier alpha value is -3.01.